The monoisotopic (exact) mass is 443 g/mol. The van der Waals surface area contributed by atoms with Gasteiger partial charge in [-0.2, -0.15) is 0 Å². The number of ether oxygens (including phenoxy) is 2. The molecule has 0 bridgehead atoms. The molecule has 0 radical (unpaired) electrons. The second kappa shape index (κ2) is 11.0. The maximum atomic E-state index is 12.8. The van der Waals surface area contributed by atoms with Crippen molar-refractivity contribution in [3.05, 3.63) is 41.3 Å². The smallest absolute Gasteiger partial charge is 0.292 e. The Hall–Kier alpha value is -3.03. The number of nitrogens with zero attached hydrogens (tertiary/aromatic N) is 2. The largest absolute Gasteiger partial charge is 0.497 e. The van der Waals surface area contributed by atoms with Crippen molar-refractivity contribution in [1.29, 1.82) is 0 Å². The summed E-state index contributed by atoms with van der Waals surface area (Å²) in [6, 6.07) is 7.26. The number of amides is 2. The number of carbonyl (C=O) groups excluding carboxylic acids is 2. The van der Waals surface area contributed by atoms with Gasteiger partial charge in [0.25, 0.3) is 5.91 Å². The average molecular weight is 444 g/mol. The Bertz CT molecular complexity index is 924. The number of carbonyl (C=O) groups is 2. The number of hydrogen-bond donors (Lipinski definition) is 1. The lowest BCUT2D eigenvalue weighted by Crippen LogP contribution is -2.40. The standard InChI is InChI=1S/C24H33N3O5/c1-16(2)20-13-22(32-26-20)24(29)27-11-5-6-17(15-27)7-10-23(28)25-14-18-8-9-19(30-3)12-21(18)31-4/h8-9,12-13,16-17H,5-7,10-11,14-15H2,1-4H3,(H,25,28). The summed E-state index contributed by atoms with van der Waals surface area (Å²) in [6.07, 6.45) is 3.09. The second-order valence-corrected chi connectivity index (χ2v) is 8.52. The van der Waals surface area contributed by atoms with Crippen molar-refractivity contribution in [3.63, 3.8) is 0 Å². The summed E-state index contributed by atoms with van der Waals surface area (Å²) in [7, 11) is 3.20. The van der Waals surface area contributed by atoms with Gasteiger partial charge in [0.15, 0.2) is 0 Å². The van der Waals surface area contributed by atoms with Crippen LogP contribution >= 0.6 is 0 Å². The highest BCUT2D eigenvalue weighted by Gasteiger charge is 2.27. The summed E-state index contributed by atoms with van der Waals surface area (Å²) in [5.41, 5.74) is 1.68. The highest BCUT2D eigenvalue weighted by atomic mass is 16.5. The Kier molecular flexibility index (Phi) is 8.14. The summed E-state index contributed by atoms with van der Waals surface area (Å²) in [6.45, 7) is 5.76. The minimum atomic E-state index is -0.120. The predicted octanol–water partition coefficient (Wildman–Crippen LogP) is 3.76. The molecule has 8 nitrogen and oxygen atoms in total. The Morgan fingerprint density at radius 3 is 2.75 bits per heavy atom. The van der Waals surface area contributed by atoms with E-state index in [0.717, 1.165) is 30.5 Å². The van der Waals surface area contributed by atoms with Gasteiger partial charge in [0.2, 0.25) is 11.7 Å². The van der Waals surface area contributed by atoms with E-state index < -0.39 is 0 Å². The van der Waals surface area contributed by atoms with Crippen LogP contribution in [0.25, 0.3) is 0 Å². The zero-order valence-corrected chi connectivity index (χ0v) is 19.3. The molecule has 32 heavy (non-hydrogen) atoms. The van der Waals surface area contributed by atoms with Gasteiger partial charge in [-0.25, -0.2) is 0 Å². The molecule has 1 unspecified atom stereocenters. The van der Waals surface area contributed by atoms with Crippen LogP contribution in [0.1, 0.15) is 67.3 Å². The van der Waals surface area contributed by atoms with Gasteiger partial charge in [-0.15, -0.1) is 0 Å². The van der Waals surface area contributed by atoms with Crippen LogP contribution in [0, 0.1) is 5.92 Å². The van der Waals surface area contributed by atoms with Crippen LogP contribution in [0.15, 0.2) is 28.8 Å². The summed E-state index contributed by atoms with van der Waals surface area (Å²) in [5.74, 6) is 2.05. The van der Waals surface area contributed by atoms with Crippen molar-refractivity contribution in [3.8, 4) is 11.5 Å². The maximum absolute atomic E-state index is 12.8. The predicted molar refractivity (Wildman–Crippen MR) is 120 cm³/mol. The van der Waals surface area contributed by atoms with Crippen molar-refractivity contribution < 1.29 is 23.6 Å². The molecule has 1 aromatic heterocycles. The zero-order valence-electron chi connectivity index (χ0n) is 19.3. The van der Waals surface area contributed by atoms with Crippen LogP contribution in [0.2, 0.25) is 0 Å². The molecule has 2 amide bonds. The van der Waals surface area contributed by atoms with E-state index in [9.17, 15) is 9.59 Å². The maximum Gasteiger partial charge on any atom is 0.292 e. The van der Waals surface area contributed by atoms with E-state index in [-0.39, 0.29) is 17.7 Å². The molecule has 8 heteroatoms. The molecule has 3 rings (SSSR count). The number of hydrogen-bond acceptors (Lipinski definition) is 6. The minimum Gasteiger partial charge on any atom is -0.497 e. The Morgan fingerprint density at radius 2 is 2.06 bits per heavy atom. The fourth-order valence-electron chi connectivity index (χ4n) is 3.92. The molecule has 1 aliphatic heterocycles. The lowest BCUT2D eigenvalue weighted by atomic mass is 9.93. The SMILES string of the molecule is COc1ccc(CNC(=O)CCC2CCCN(C(=O)c3cc(C(C)C)no3)C2)c(OC)c1. The van der Waals surface area contributed by atoms with Gasteiger partial charge in [0.1, 0.15) is 11.5 Å². The Balaban J connectivity index is 1.47. The van der Waals surface area contributed by atoms with Crippen LogP contribution in [0.4, 0.5) is 0 Å². The number of likely N-dealkylation sites (tertiary alicyclic amines) is 1. The van der Waals surface area contributed by atoms with Crippen molar-refractivity contribution in [2.45, 2.75) is 52.0 Å². The Morgan fingerprint density at radius 1 is 1.25 bits per heavy atom. The summed E-state index contributed by atoms with van der Waals surface area (Å²) in [5, 5.41) is 6.95. The van der Waals surface area contributed by atoms with Crippen LogP contribution in [0.3, 0.4) is 0 Å². The van der Waals surface area contributed by atoms with Crippen LogP contribution in [-0.4, -0.2) is 49.2 Å². The molecule has 1 aromatic carbocycles. The van der Waals surface area contributed by atoms with Crippen molar-refractivity contribution >= 4 is 11.8 Å². The van der Waals surface area contributed by atoms with E-state index in [4.69, 9.17) is 14.0 Å². The summed E-state index contributed by atoms with van der Waals surface area (Å²) in [4.78, 5) is 27.0. The molecule has 2 heterocycles. The molecule has 1 aliphatic rings. The van der Waals surface area contributed by atoms with Crippen LogP contribution in [0.5, 0.6) is 11.5 Å². The van der Waals surface area contributed by atoms with E-state index in [0.29, 0.717) is 49.2 Å². The number of nitrogens with one attached hydrogen (secondary N) is 1. The first-order chi connectivity index (χ1) is 15.4. The fraction of sp³-hybridized carbons (Fsp3) is 0.542. The van der Waals surface area contributed by atoms with E-state index in [1.165, 1.54) is 0 Å². The number of methoxy groups -OCH3 is 2. The van der Waals surface area contributed by atoms with Gasteiger partial charge >= 0.3 is 0 Å². The number of aromatic nitrogens is 1. The highest BCUT2D eigenvalue weighted by molar-refractivity contribution is 5.91. The van der Waals surface area contributed by atoms with Crippen molar-refractivity contribution in [1.82, 2.24) is 15.4 Å². The third-order valence-electron chi connectivity index (χ3n) is 5.89. The van der Waals surface area contributed by atoms with Crippen molar-refractivity contribution in [2.75, 3.05) is 27.3 Å². The Labute approximate surface area is 189 Å². The second-order valence-electron chi connectivity index (χ2n) is 8.52. The van der Waals surface area contributed by atoms with E-state index in [1.807, 2.05) is 30.9 Å². The molecular weight excluding hydrogens is 410 g/mol. The van der Waals surface area contributed by atoms with Gasteiger partial charge in [-0.3, -0.25) is 9.59 Å². The van der Waals surface area contributed by atoms with Gasteiger partial charge in [-0.1, -0.05) is 19.0 Å². The van der Waals surface area contributed by atoms with Gasteiger partial charge in [0.05, 0.1) is 19.9 Å². The third kappa shape index (κ3) is 6.02. The molecule has 0 aliphatic carbocycles. The van der Waals surface area contributed by atoms with Crippen molar-refractivity contribution in [2.24, 2.45) is 5.92 Å². The first-order valence-corrected chi connectivity index (χ1v) is 11.1. The van der Waals surface area contributed by atoms with Crippen LogP contribution in [-0.2, 0) is 11.3 Å². The first-order valence-electron chi connectivity index (χ1n) is 11.1. The number of rotatable bonds is 9. The topological polar surface area (TPSA) is 93.9 Å². The molecule has 1 atom stereocenters. The zero-order chi connectivity index (χ0) is 23.1. The molecule has 0 saturated carbocycles. The van der Waals surface area contributed by atoms with Gasteiger partial charge in [-0.05, 0) is 43.2 Å². The normalized spacial score (nSPS) is 16.2. The van der Waals surface area contributed by atoms with Gasteiger partial charge in [0, 0.05) is 43.8 Å². The van der Waals surface area contributed by atoms with E-state index in [1.54, 1.807) is 26.4 Å². The highest BCUT2D eigenvalue weighted by Crippen LogP contribution is 2.25. The molecule has 1 saturated heterocycles. The molecule has 1 fully saturated rings. The first kappa shape index (κ1) is 23.6. The fourth-order valence-corrected chi connectivity index (χ4v) is 3.92. The quantitative estimate of drug-likeness (QED) is 0.634. The summed E-state index contributed by atoms with van der Waals surface area (Å²) >= 11 is 0. The van der Waals surface area contributed by atoms with Gasteiger partial charge < -0.3 is 24.2 Å². The molecular formula is C24H33N3O5. The van der Waals surface area contributed by atoms with E-state index in [2.05, 4.69) is 10.5 Å². The molecule has 1 N–H and O–H groups in total. The molecule has 174 valence electrons. The third-order valence-corrected chi connectivity index (χ3v) is 5.89. The summed E-state index contributed by atoms with van der Waals surface area (Å²) < 4.78 is 15.8. The lowest BCUT2D eigenvalue weighted by Gasteiger charge is -2.32. The van der Waals surface area contributed by atoms with E-state index >= 15 is 0 Å². The minimum absolute atomic E-state index is 0.0110. The number of piperidine rings is 1. The van der Waals surface area contributed by atoms with Crippen LogP contribution < -0.4 is 14.8 Å². The average Bonchev–Trinajstić information content (AvgIpc) is 3.31. The molecule has 2 aromatic rings. The molecule has 0 spiro atoms. The lowest BCUT2D eigenvalue weighted by molar-refractivity contribution is -0.121. The number of benzene rings is 1.